The molecule has 2 saturated heterocycles. The molecular weight excluding hydrogens is 492 g/mol. The van der Waals surface area contributed by atoms with Gasteiger partial charge in [-0.3, -0.25) is 14.5 Å². The van der Waals surface area contributed by atoms with Crippen molar-refractivity contribution < 1.29 is 24.5 Å². The summed E-state index contributed by atoms with van der Waals surface area (Å²) in [5.74, 6) is -1.84. The molecule has 2 aliphatic heterocycles. The van der Waals surface area contributed by atoms with E-state index in [2.05, 4.69) is 4.90 Å². The van der Waals surface area contributed by atoms with Crippen molar-refractivity contribution in [2.45, 2.75) is 25.8 Å². The Labute approximate surface area is 220 Å². The lowest BCUT2D eigenvalue weighted by atomic mass is 9.94. The van der Waals surface area contributed by atoms with Crippen molar-refractivity contribution >= 4 is 40.4 Å². The quantitative estimate of drug-likeness (QED) is 0.260. The van der Waals surface area contributed by atoms with Gasteiger partial charge in [0.2, 0.25) is 0 Å². The van der Waals surface area contributed by atoms with Gasteiger partial charge in [0, 0.05) is 24.5 Å². The Morgan fingerprint density at radius 2 is 1.68 bits per heavy atom. The van der Waals surface area contributed by atoms with E-state index < -0.39 is 23.5 Å². The summed E-state index contributed by atoms with van der Waals surface area (Å²) in [6.45, 7) is 3.76. The highest BCUT2D eigenvalue weighted by molar-refractivity contribution is 6.51. The van der Waals surface area contributed by atoms with Crippen LogP contribution in [-0.2, 0) is 9.59 Å². The minimum Gasteiger partial charge on any atom is -0.508 e. The van der Waals surface area contributed by atoms with Crippen molar-refractivity contribution in [3.8, 4) is 11.5 Å². The number of Topliss-reactive ketones (excluding diaryl/α,β-unsaturated/α-hetero) is 1. The molecule has 1 unspecified atom stereocenters. The molecule has 1 atom stereocenters. The number of carbonyl (C=O) groups excluding carboxylic acids is 2. The Hall–Kier alpha value is -3.97. The standard InChI is InChI=1S/C29H27ClN2O5/c1-17-14-22(28(37-2)23(30)15-17)26(34)24-25(18-6-5-7-21(33)16-18)32(29(36)27(24)35)20-10-8-19(9-11-20)31-12-3-4-13-31/h5-11,14-16,25,33-34H,3-4,12-13H2,1-2H3/b26-24+. The van der Waals surface area contributed by atoms with Crippen molar-refractivity contribution in [1.29, 1.82) is 0 Å². The number of phenols is 1. The number of aliphatic hydroxyl groups excluding tert-OH is 1. The van der Waals surface area contributed by atoms with Crippen molar-refractivity contribution in [2.75, 3.05) is 30.0 Å². The second-order valence-corrected chi connectivity index (χ2v) is 9.71. The summed E-state index contributed by atoms with van der Waals surface area (Å²) in [4.78, 5) is 30.6. The number of hydrogen-bond donors (Lipinski definition) is 2. The number of aromatic hydroxyl groups is 1. The predicted molar refractivity (Wildman–Crippen MR) is 144 cm³/mol. The largest absolute Gasteiger partial charge is 0.508 e. The number of amides is 1. The van der Waals surface area contributed by atoms with Gasteiger partial charge in [0.25, 0.3) is 11.7 Å². The summed E-state index contributed by atoms with van der Waals surface area (Å²) >= 11 is 6.36. The van der Waals surface area contributed by atoms with Gasteiger partial charge < -0.3 is 19.8 Å². The third kappa shape index (κ3) is 4.40. The summed E-state index contributed by atoms with van der Waals surface area (Å²) in [5, 5.41) is 22.0. The topological polar surface area (TPSA) is 90.3 Å². The SMILES string of the molecule is COc1c(Cl)cc(C)cc1/C(O)=C1\C(=O)C(=O)N(c2ccc(N3CCCC3)cc2)C1c1cccc(O)c1. The monoisotopic (exact) mass is 518 g/mol. The number of aryl methyl sites for hydroxylation is 1. The number of benzene rings is 3. The van der Waals surface area contributed by atoms with Crippen LogP contribution in [0.2, 0.25) is 5.02 Å². The minimum atomic E-state index is -0.978. The number of rotatable bonds is 5. The average molecular weight is 519 g/mol. The lowest BCUT2D eigenvalue weighted by molar-refractivity contribution is -0.132. The number of halogens is 1. The number of ketones is 1. The molecule has 0 aromatic heterocycles. The number of carbonyl (C=O) groups is 2. The molecule has 0 spiro atoms. The lowest BCUT2D eigenvalue weighted by Gasteiger charge is -2.26. The molecule has 2 heterocycles. The van der Waals surface area contributed by atoms with E-state index in [0.29, 0.717) is 11.3 Å². The second-order valence-electron chi connectivity index (χ2n) is 9.30. The van der Waals surface area contributed by atoms with E-state index in [1.807, 2.05) is 12.1 Å². The van der Waals surface area contributed by atoms with Crippen LogP contribution in [0, 0.1) is 6.92 Å². The summed E-state index contributed by atoms with van der Waals surface area (Å²) in [6, 6.07) is 16.2. The Morgan fingerprint density at radius 1 is 1.00 bits per heavy atom. The minimum absolute atomic E-state index is 0.0244. The molecule has 0 radical (unpaired) electrons. The van der Waals surface area contributed by atoms with Gasteiger partial charge in [0.05, 0.1) is 29.3 Å². The number of aliphatic hydroxyl groups is 1. The number of ether oxygens (including phenoxy) is 1. The smallest absolute Gasteiger partial charge is 0.300 e. The zero-order chi connectivity index (χ0) is 26.3. The molecule has 8 heteroatoms. The Kier molecular flexibility index (Phi) is 6.56. The van der Waals surface area contributed by atoms with Gasteiger partial charge in [0.15, 0.2) is 0 Å². The summed E-state index contributed by atoms with van der Waals surface area (Å²) < 4.78 is 5.43. The Morgan fingerprint density at radius 3 is 2.32 bits per heavy atom. The van der Waals surface area contributed by atoms with E-state index in [1.165, 1.54) is 24.1 Å². The number of nitrogens with zero attached hydrogens (tertiary/aromatic N) is 2. The van der Waals surface area contributed by atoms with Crippen molar-refractivity contribution in [1.82, 2.24) is 0 Å². The van der Waals surface area contributed by atoms with Crippen LogP contribution in [0.5, 0.6) is 11.5 Å². The molecule has 0 bridgehead atoms. The molecule has 37 heavy (non-hydrogen) atoms. The molecule has 0 saturated carbocycles. The van der Waals surface area contributed by atoms with Gasteiger partial charge in [-0.05, 0) is 79.4 Å². The highest BCUT2D eigenvalue weighted by Gasteiger charge is 2.47. The maximum absolute atomic E-state index is 13.5. The third-order valence-corrected chi connectivity index (χ3v) is 7.16. The fourth-order valence-electron chi connectivity index (χ4n) is 5.17. The third-order valence-electron chi connectivity index (χ3n) is 6.88. The second kappa shape index (κ2) is 9.82. The van der Waals surface area contributed by atoms with Gasteiger partial charge >= 0.3 is 0 Å². The first-order valence-electron chi connectivity index (χ1n) is 12.1. The van der Waals surface area contributed by atoms with E-state index >= 15 is 0 Å². The number of methoxy groups -OCH3 is 1. The molecule has 5 rings (SSSR count). The van der Waals surface area contributed by atoms with E-state index in [9.17, 15) is 19.8 Å². The zero-order valence-electron chi connectivity index (χ0n) is 20.6. The van der Waals surface area contributed by atoms with Crippen molar-refractivity contribution in [2.24, 2.45) is 0 Å². The zero-order valence-corrected chi connectivity index (χ0v) is 21.3. The molecule has 3 aromatic carbocycles. The van der Waals surface area contributed by atoms with Crippen LogP contribution in [0.25, 0.3) is 5.76 Å². The molecule has 1 amide bonds. The Balaban J connectivity index is 1.68. The van der Waals surface area contributed by atoms with Crippen LogP contribution in [0.15, 0.2) is 66.2 Å². The van der Waals surface area contributed by atoms with Gasteiger partial charge in [0.1, 0.15) is 17.3 Å². The fourth-order valence-corrected chi connectivity index (χ4v) is 5.52. The number of anilines is 2. The van der Waals surface area contributed by atoms with Crippen LogP contribution in [-0.4, -0.2) is 42.1 Å². The molecular formula is C29H27ClN2O5. The van der Waals surface area contributed by atoms with Gasteiger partial charge in [-0.15, -0.1) is 0 Å². The van der Waals surface area contributed by atoms with Crippen molar-refractivity contribution in [3.63, 3.8) is 0 Å². The highest BCUT2D eigenvalue weighted by Crippen LogP contribution is 2.45. The molecule has 2 N–H and O–H groups in total. The molecule has 7 nitrogen and oxygen atoms in total. The fraction of sp³-hybridized carbons (Fsp3) is 0.241. The molecule has 3 aromatic rings. The molecule has 2 aliphatic rings. The summed E-state index contributed by atoms with van der Waals surface area (Å²) in [6.07, 6.45) is 2.28. The van der Waals surface area contributed by atoms with E-state index in [-0.39, 0.29) is 27.7 Å². The molecule has 0 aliphatic carbocycles. The van der Waals surface area contributed by atoms with Crippen LogP contribution in [0.1, 0.15) is 35.6 Å². The van der Waals surface area contributed by atoms with Crippen LogP contribution < -0.4 is 14.5 Å². The average Bonchev–Trinajstić information content (AvgIpc) is 3.51. The summed E-state index contributed by atoms with van der Waals surface area (Å²) in [7, 11) is 1.42. The first-order chi connectivity index (χ1) is 17.8. The van der Waals surface area contributed by atoms with Crippen LogP contribution >= 0.6 is 11.6 Å². The van der Waals surface area contributed by atoms with Crippen molar-refractivity contribution in [3.05, 3.63) is 87.9 Å². The highest BCUT2D eigenvalue weighted by atomic mass is 35.5. The lowest BCUT2D eigenvalue weighted by Crippen LogP contribution is -2.29. The first-order valence-corrected chi connectivity index (χ1v) is 12.5. The first kappa shape index (κ1) is 24.7. The Bertz CT molecular complexity index is 1410. The van der Waals surface area contributed by atoms with E-state index in [4.69, 9.17) is 16.3 Å². The van der Waals surface area contributed by atoms with Crippen LogP contribution in [0.3, 0.4) is 0 Å². The normalized spacial score (nSPS) is 19.1. The number of phenolic OH excluding ortho intramolecular Hbond substituents is 1. The summed E-state index contributed by atoms with van der Waals surface area (Å²) in [5.41, 5.74) is 2.87. The van der Waals surface area contributed by atoms with Gasteiger partial charge in [-0.25, -0.2) is 0 Å². The van der Waals surface area contributed by atoms with Gasteiger partial charge in [-0.2, -0.15) is 0 Å². The maximum Gasteiger partial charge on any atom is 0.300 e. The van der Waals surface area contributed by atoms with E-state index in [0.717, 1.165) is 37.2 Å². The van der Waals surface area contributed by atoms with E-state index in [1.54, 1.807) is 43.3 Å². The maximum atomic E-state index is 13.5. The van der Waals surface area contributed by atoms with Gasteiger partial charge in [-0.1, -0.05) is 23.7 Å². The molecule has 190 valence electrons. The van der Waals surface area contributed by atoms with Crippen LogP contribution in [0.4, 0.5) is 11.4 Å². The molecule has 2 fully saturated rings. The predicted octanol–water partition coefficient (Wildman–Crippen LogP) is 5.59. The number of hydrogen-bond acceptors (Lipinski definition) is 6.